The number of carboxylic acids is 1. The van der Waals surface area contributed by atoms with Crippen molar-refractivity contribution < 1.29 is 14.7 Å². The summed E-state index contributed by atoms with van der Waals surface area (Å²) in [4.78, 5) is 26.9. The largest absolute Gasteiger partial charge is 0.481 e. The molecule has 1 fully saturated rings. The number of aromatic nitrogens is 1. The normalized spacial score (nSPS) is 21.1. The summed E-state index contributed by atoms with van der Waals surface area (Å²) < 4.78 is 0. The molecule has 1 heterocycles. The highest BCUT2D eigenvalue weighted by atomic mass is 16.4. The SMILES string of the molecule is O=C(O)[C@H]1C[C@H]1C(=O)Nc1cccc2ncccc12. The predicted octanol–water partition coefficient (Wildman–Crippen LogP) is 1.89. The molecule has 0 unspecified atom stereocenters. The smallest absolute Gasteiger partial charge is 0.307 e. The first-order chi connectivity index (χ1) is 9.16. The number of rotatable bonds is 3. The second-order valence-electron chi connectivity index (χ2n) is 4.65. The summed E-state index contributed by atoms with van der Waals surface area (Å²) >= 11 is 0. The van der Waals surface area contributed by atoms with Crippen LogP contribution in [0.25, 0.3) is 10.9 Å². The number of carboxylic acid groups (broad SMARTS) is 1. The van der Waals surface area contributed by atoms with Gasteiger partial charge in [0, 0.05) is 11.6 Å². The maximum atomic E-state index is 11.9. The molecule has 2 atom stereocenters. The highest BCUT2D eigenvalue weighted by molar-refractivity contribution is 6.04. The van der Waals surface area contributed by atoms with Crippen LogP contribution in [0.1, 0.15) is 6.42 Å². The van der Waals surface area contributed by atoms with Gasteiger partial charge in [-0.2, -0.15) is 0 Å². The highest BCUT2D eigenvalue weighted by Crippen LogP contribution is 2.39. The molecular weight excluding hydrogens is 244 g/mol. The van der Waals surface area contributed by atoms with Crippen molar-refractivity contribution in [2.45, 2.75) is 6.42 Å². The average molecular weight is 256 g/mol. The van der Waals surface area contributed by atoms with E-state index in [4.69, 9.17) is 5.11 Å². The lowest BCUT2D eigenvalue weighted by atomic mass is 10.1. The fourth-order valence-corrected chi connectivity index (χ4v) is 2.20. The number of carbonyl (C=O) groups is 2. The van der Waals surface area contributed by atoms with Crippen LogP contribution >= 0.6 is 0 Å². The lowest BCUT2D eigenvalue weighted by Crippen LogP contribution is -2.17. The molecule has 0 bridgehead atoms. The Hall–Kier alpha value is -2.43. The minimum absolute atomic E-state index is 0.233. The topological polar surface area (TPSA) is 79.3 Å². The van der Waals surface area contributed by atoms with E-state index in [1.54, 1.807) is 18.3 Å². The molecule has 1 amide bonds. The Morgan fingerprint density at radius 2 is 2.05 bits per heavy atom. The second-order valence-corrected chi connectivity index (χ2v) is 4.65. The van der Waals surface area contributed by atoms with Gasteiger partial charge in [0.15, 0.2) is 0 Å². The van der Waals surface area contributed by atoms with Gasteiger partial charge < -0.3 is 10.4 Å². The number of hydrogen-bond donors (Lipinski definition) is 2. The fourth-order valence-electron chi connectivity index (χ4n) is 2.20. The Morgan fingerprint density at radius 3 is 2.79 bits per heavy atom. The fraction of sp³-hybridized carbons (Fsp3) is 0.214. The quantitative estimate of drug-likeness (QED) is 0.879. The van der Waals surface area contributed by atoms with Crippen LogP contribution in [0.3, 0.4) is 0 Å². The molecule has 1 aromatic heterocycles. The van der Waals surface area contributed by atoms with E-state index in [9.17, 15) is 9.59 Å². The molecule has 2 N–H and O–H groups in total. The predicted molar refractivity (Wildman–Crippen MR) is 69.6 cm³/mol. The molecule has 0 radical (unpaired) electrons. The number of hydrogen-bond acceptors (Lipinski definition) is 3. The third-order valence-corrected chi connectivity index (χ3v) is 3.35. The van der Waals surface area contributed by atoms with Gasteiger partial charge in [0.05, 0.1) is 23.0 Å². The molecule has 0 aliphatic heterocycles. The summed E-state index contributed by atoms with van der Waals surface area (Å²) in [6, 6.07) is 9.14. The number of aliphatic carboxylic acids is 1. The maximum Gasteiger partial charge on any atom is 0.307 e. The Labute approximate surface area is 109 Å². The second kappa shape index (κ2) is 4.35. The van der Waals surface area contributed by atoms with Crippen LogP contribution < -0.4 is 5.32 Å². The number of fused-ring (bicyclic) bond motifs is 1. The van der Waals surface area contributed by atoms with E-state index in [-0.39, 0.29) is 5.91 Å². The molecule has 1 aliphatic carbocycles. The number of nitrogens with one attached hydrogen (secondary N) is 1. The molecular formula is C14H12N2O3. The molecule has 1 aliphatic rings. The van der Waals surface area contributed by atoms with Crippen molar-refractivity contribution in [1.29, 1.82) is 0 Å². The summed E-state index contributed by atoms with van der Waals surface area (Å²) in [5, 5.41) is 12.5. The first-order valence-electron chi connectivity index (χ1n) is 6.04. The first-order valence-corrected chi connectivity index (χ1v) is 6.04. The summed E-state index contributed by atoms with van der Waals surface area (Å²) in [6.45, 7) is 0. The van der Waals surface area contributed by atoms with E-state index in [0.29, 0.717) is 12.1 Å². The van der Waals surface area contributed by atoms with Crippen LogP contribution in [-0.4, -0.2) is 22.0 Å². The lowest BCUT2D eigenvalue weighted by molar-refractivity contribution is -0.139. The number of anilines is 1. The van der Waals surface area contributed by atoms with Gasteiger partial charge in [-0.3, -0.25) is 14.6 Å². The summed E-state index contributed by atoms with van der Waals surface area (Å²) in [7, 11) is 0. The third-order valence-electron chi connectivity index (χ3n) is 3.35. The summed E-state index contributed by atoms with van der Waals surface area (Å²) in [6.07, 6.45) is 2.11. The minimum atomic E-state index is -0.903. The van der Waals surface area contributed by atoms with Gasteiger partial charge in [-0.05, 0) is 30.7 Å². The van der Waals surface area contributed by atoms with Gasteiger partial charge in [-0.15, -0.1) is 0 Å². The van der Waals surface area contributed by atoms with Gasteiger partial charge in [0.2, 0.25) is 5.91 Å². The molecule has 3 rings (SSSR count). The Balaban J connectivity index is 1.83. The van der Waals surface area contributed by atoms with Crippen molar-refractivity contribution in [3.63, 3.8) is 0 Å². The molecule has 96 valence electrons. The number of amides is 1. The van der Waals surface area contributed by atoms with Crippen molar-refractivity contribution >= 4 is 28.5 Å². The van der Waals surface area contributed by atoms with E-state index in [0.717, 1.165) is 10.9 Å². The van der Waals surface area contributed by atoms with Crippen LogP contribution in [0.2, 0.25) is 0 Å². The third kappa shape index (κ3) is 2.14. The van der Waals surface area contributed by atoms with Crippen LogP contribution in [0.4, 0.5) is 5.69 Å². The Bertz CT molecular complexity index is 663. The number of pyridine rings is 1. The Morgan fingerprint density at radius 1 is 1.21 bits per heavy atom. The van der Waals surface area contributed by atoms with Crippen molar-refractivity contribution in [1.82, 2.24) is 4.98 Å². The van der Waals surface area contributed by atoms with Crippen molar-refractivity contribution in [2.75, 3.05) is 5.32 Å². The zero-order valence-electron chi connectivity index (χ0n) is 10.0. The first kappa shape index (κ1) is 11.6. The maximum absolute atomic E-state index is 11.9. The van der Waals surface area contributed by atoms with Crippen LogP contribution in [0.15, 0.2) is 36.5 Å². The van der Waals surface area contributed by atoms with Gasteiger partial charge in [0.25, 0.3) is 0 Å². The van der Waals surface area contributed by atoms with E-state index in [1.807, 2.05) is 18.2 Å². The highest BCUT2D eigenvalue weighted by Gasteiger charge is 2.48. The van der Waals surface area contributed by atoms with Crippen LogP contribution in [-0.2, 0) is 9.59 Å². The zero-order valence-corrected chi connectivity index (χ0v) is 10.0. The number of carbonyl (C=O) groups excluding carboxylic acids is 1. The lowest BCUT2D eigenvalue weighted by Gasteiger charge is -2.07. The molecule has 2 aromatic rings. The molecule has 1 saturated carbocycles. The standard InChI is InChI=1S/C14H12N2O3/c17-13(9-7-10(9)14(18)19)16-12-5-1-4-11-8(12)3-2-6-15-11/h1-6,9-10H,7H2,(H,16,17)(H,18,19)/t9-,10+/m1/s1. The van der Waals surface area contributed by atoms with Crippen molar-refractivity contribution in [2.24, 2.45) is 11.8 Å². The zero-order chi connectivity index (χ0) is 13.4. The summed E-state index contributed by atoms with van der Waals surface area (Å²) in [5.41, 5.74) is 1.47. The van der Waals surface area contributed by atoms with E-state index in [1.165, 1.54) is 0 Å². The molecule has 1 aromatic carbocycles. The monoisotopic (exact) mass is 256 g/mol. The van der Waals surface area contributed by atoms with Gasteiger partial charge in [0.1, 0.15) is 0 Å². The van der Waals surface area contributed by atoms with E-state index < -0.39 is 17.8 Å². The molecule has 19 heavy (non-hydrogen) atoms. The minimum Gasteiger partial charge on any atom is -0.481 e. The van der Waals surface area contributed by atoms with Crippen molar-refractivity contribution in [3.8, 4) is 0 Å². The van der Waals surface area contributed by atoms with Crippen molar-refractivity contribution in [3.05, 3.63) is 36.5 Å². The Kier molecular flexibility index (Phi) is 2.67. The average Bonchev–Trinajstić information content (AvgIpc) is 3.19. The number of benzene rings is 1. The molecule has 0 saturated heterocycles. The van der Waals surface area contributed by atoms with Gasteiger partial charge >= 0.3 is 5.97 Å². The molecule has 0 spiro atoms. The summed E-state index contributed by atoms with van der Waals surface area (Å²) in [5.74, 6) is -2.08. The van der Waals surface area contributed by atoms with Crippen LogP contribution in [0, 0.1) is 11.8 Å². The molecule has 5 heteroatoms. The van der Waals surface area contributed by atoms with Crippen LogP contribution in [0.5, 0.6) is 0 Å². The van der Waals surface area contributed by atoms with Gasteiger partial charge in [-0.25, -0.2) is 0 Å². The number of nitrogens with zero attached hydrogens (tertiary/aromatic N) is 1. The molecule has 5 nitrogen and oxygen atoms in total. The van der Waals surface area contributed by atoms with E-state index in [2.05, 4.69) is 10.3 Å². The van der Waals surface area contributed by atoms with E-state index >= 15 is 0 Å². The van der Waals surface area contributed by atoms with Gasteiger partial charge in [-0.1, -0.05) is 6.07 Å².